The van der Waals surface area contributed by atoms with Crippen molar-refractivity contribution in [2.45, 2.75) is 142 Å². The number of nitrogens with zero attached hydrogens (tertiary/aromatic N) is 5. The molecule has 23 heteroatoms. The number of amides is 3. The molecule has 2 aromatic heterocycles. The van der Waals surface area contributed by atoms with Crippen molar-refractivity contribution in [3.05, 3.63) is 205 Å². The van der Waals surface area contributed by atoms with Gasteiger partial charge in [0.25, 0.3) is 16.6 Å². The smallest absolute Gasteiger partial charge is 1.00 e. The quantitative estimate of drug-likeness (QED) is 0.0377. The van der Waals surface area contributed by atoms with Crippen LogP contribution in [0.25, 0.3) is 22.5 Å². The van der Waals surface area contributed by atoms with Crippen LogP contribution in [-0.4, -0.2) is 135 Å². The summed E-state index contributed by atoms with van der Waals surface area (Å²) in [5.74, 6) is 0.201. The van der Waals surface area contributed by atoms with Gasteiger partial charge in [-0.25, -0.2) is 25.1 Å². The van der Waals surface area contributed by atoms with Gasteiger partial charge in [-0.05, 0) is 115 Å². The maximum absolute atomic E-state index is 13.0. The van der Waals surface area contributed by atoms with Crippen LogP contribution in [-0.2, 0) is 59.7 Å². The Hall–Kier alpha value is -7.10. The van der Waals surface area contributed by atoms with Crippen molar-refractivity contribution in [3.63, 3.8) is 0 Å². The van der Waals surface area contributed by atoms with Crippen molar-refractivity contribution in [3.8, 4) is 22.5 Å². The van der Waals surface area contributed by atoms with Gasteiger partial charge in [0.1, 0.15) is 11.2 Å². The summed E-state index contributed by atoms with van der Waals surface area (Å²) in [7, 11) is 4.36. The van der Waals surface area contributed by atoms with Gasteiger partial charge in [-0.2, -0.15) is 6.29 Å². The van der Waals surface area contributed by atoms with Gasteiger partial charge >= 0.3 is 47.7 Å². The number of ether oxygens (including phenoxy) is 2. The summed E-state index contributed by atoms with van der Waals surface area (Å²) in [4.78, 5) is 67.9. The molecule has 0 unspecified atom stereocenters. The third-order valence-electron chi connectivity index (χ3n) is 16.1. The van der Waals surface area contributed by atoms with Crippen molar-refractivity contribution in [2.75, 3.05) is 41.5 Å². The van der Waals surface area contributed by atoms with E-state index in [9.17, 15) is 19.2 Å². The van der Waals surface area contributed by atoms with E-state index in [0.717, 1.165) is 27.3 Å². The first-order valence-electron chi connectivity index (χ1n) is 32.5. The minimum absolute atomic E-state index is 0. The van der Waals surface area contributed by atoms with Crippen molar-refractivity contribution in [2.24, 2.45) is 14.1 Å². The van der Waals surface area contributed by atoms with Crippen LogP contribution in [0.2, 0.25) is 10.1 Å². The Kier molecular flexibility index (Phi) is 34.1. The number of aromatic nitrogens is 4. The fourth-order valence-electron chi connectivity index (χ4n) is 11.6. The van der Waals surface area contributed by atoms with Gasteiger partial charge in [0.15, 0.2) is 0 Å². The number of aryl methyl sites for hydroxylation is 2. The molecule has 99 heavy (non-hydrogen) atoms. The fraction of sp³-hybridized carbons (Fsp3) is 0.395. The van der Waals surface area contributed by atoms with Gasteiger partial charge in [0, 0.05) is 77.0 Å². The molecule has 2 atom stereocenters. The standard InChI is InChI=1S/C38H50N4O5Si.C36H44N3O4Si.C2H7NO.ClH.Na.H2O/c1-37(2,3)47-36(44)39-30(26-28-20-22-29(23-21-28)33-27-41(7)34(40-33)35(43)42(8)45-9)24-25-46-48(38(4,5)6,31-16-12-10-13-17-31)32-18-14-11-15-19-32;1-35(2,3)43-34(41)37-29(24-27-18-20-28(21-19-27)32-25-39(7)33(26-40)38-32)22-23-42-44(36(4,5)6,30-14-10-8-11-15-30)31-16-12-9-13-17-31;1-3-4-2;;;/h10-23,27,30H,24-26H2,1-9H3,(H,39,44);8-21,25,29H,22-24H2,1-7H3,(H,37,41);3H,1-2H3;1H;;1H2/q;-1;;;+1;/p-2/t30-;29-;;;;/m11..../s1. The van der Waals surface area contributed by atoms with Gasteiger partial charge in [0.2, 0.25) is 5.82 Å². The predicted molar refractivity (Wildman–Crippen MR) is 389 cm³/mol. The summed E-state index contributed by atoms with van der Waals surface area (Å²) in [6.07, 6.45) is 6.95. The molecule has 19 nitrogen and oxygen atoms in total. The minimum atomic E-state index is -2.74. The van der Waals surface area contributed by atoms with Crippen LogP contribution in [0, 0.1) is 0 Å². The molecule has 0 saturated carbocycles. The van der Waals surface area contributed by atoms with Crippen molar-refractivity contribution in [1.29, 1.82) is 0 Å². The first-order valence-corrected chi connectivity index (χ1v) is 36.3. The fourth-order valence-corrected chi connectivity index (χ4v) is 20.7. The van der Waals surface area contributed by atoms with Crippen LogP contribution >= 0.6 is 0 Å². The number of halogens is 1. The number of carbonyl (C=O) groups is 3. The molecular weight excluding hydrogens is 1320 g/mol. The Bertz CT molecular complexity index is 3630. The molecule has 0 saturated heterocycles. The van der Waals surface area contributed by atoms with Crippen LogP contribution in [0.15, 0.2) is 182 Å². The number of imidazole rings is 2. The summed E-state index contributed by atoms with van der Waals surface area (Å²) in [6, 6.07) is 57.8. The van der Waals surface area contributed by atoms with E-state index in [1.807, 2.05) is 133 Å². The SMILES string of the molecule is CNOC.CON(C)C(=O)c1nc(-c2ccc(C[C@@H](CCO[Si](c3ccccc3)(c3ccccc3)C(C)(C)C)NC(=O)OC(C)(C)C)cc2)cn1C.Cn1cc(-c2ccc(C[C@@H](CCO[Si](c3ccccc3)(c3ccccc3)C(C)(C)C)NC(=O)OC(C)(C)C)cc2)nc1[C-]=O.[Cl-].[Na+].[OH-]. The van der Waals surface area contributed by atoms with E-state index in [4.69, 9.17) is 23.2 Å². The van der Waals surface area contributed by atoms with Gasteiger partial charge in [0.05, 0.1) is 25.6 Å². The van der Waals surface area contributed by atoms with Crippen LogP contribution in [0.1, 0.15) is 123 Å². The summed E-state index contributed by atoms with van der Waals surface area (Å²) in [5.41, 5.74) is 6.46. The molecule has 0 bridgehead atoms. The third kappa shape index (κ3) is 24.3. The molecule has 530 valence electrons. The Balaban J connectivity index is 0.000000476. The molecule has 3 amide bonds. The number of hydrogen-bond donors (Lipinski definition) is 3. The average Bonchev–Trinajstić information content (AvgIpc) is 1.50. The number of hydrogen-bond acceptors (Lipinski definition) is 14. The Labute approximate surface area is 617 Å². The van der Waals surface area contributed by atoms with E-state index in [-0.39, 0.29) is 87.2 Å². The normalized spacial score (nSPS) is 12.2. The Morgan fingerprint density at radius 2 is 0.859 bits per heavy atom. The number of alkyl carbamates (subject to hydrolysis) is 2. The maximum atomic E-state index is 13.0. The molecule has 0 radical (unpaired) electrons. The molecule has 0 fully saturated rings. The summed E-state index contributed by atoms with van der Waals surface area (Å²) in [6.45, 7) is 25.6. The van der Waals surface area contributed by atoms with Crippen LogP contribution in [0.5, 0.6) is 0 Å². The number of rotatable bonds is 24. The average molecular weight is 1420 g/mol. The van der Waals surface area contributed by atoms with Crippen LogP contribution in [0.3, 0.4) is 0 Å². The number of benzene rings is 6. The molecule has 8 aromatic rings. The second kappa shape index (κ2) is 39.2. The van der Waals surface area contributed by atoms with Crippen molar-refractivity contribution < 1.29 is 94.6 Å². The molecule has 6 aromatic carbocycles. The summed E-state index contributed by atoms with van der Waals surface area (Å²) in [5, 5.41) is 11.9. The van der Waals surface area contributed by atoms with Crippen molar-refractivity contribution >= 4 is 61.8 Å². The third-order valence-corrected chi connectivity index (χ3v) is 26.2. The first-order chi connectivity index (χ1) is 45.4. The molecule has 0 aliphatic rings. The minimum Gasteiger partial charge on any atom is -1.00 e. The van der Waals surface area contributed by atoms with Crippen LogP contribution in [0.4, 0.5) is 9.59 Å². The predicted octanol–water partition coefficient (Wildman–Crippen LogP) is 5.67. The van der Waals surface area contributed by atoms with Gasteiger partial charge in [-0.1, -0.05) is 211 Å². The topological polar surface area (TPSA) is 229 Å². The first kappa shape index (κ1) is 86.1. The van der Waals surface area contributed by atoms with E-state index < -0.39 is 40.0 Å². The molecule has 0 aliphatic carbocycles. The maximum Gasteiger partial charge on any atom is 1.00 e. The summed E-state index contributed by atoms with van der Waals surface area (Å²) >= 11 is 0. The zero-order valence-electron chi connectivity index (χ0n) is 61.4. The monoisotopic (exact) mass is 1420 g/mol. The van der Waals surface area contributed by atoms with E-state index in [2.05, 4.69) is 170 Å². The molecule has 2 heterocycles. The summed E-state index contributed by atoms with van der Waals surface area (Å²) < 4.78 is 28.9. The molecular formula is C76H102ClN8NaO11Si2-2. The molecule has 8 rings (SSSR count). The largest absolute Gasteiger partial charge is 1.00 e. The van der Waals surface area contributed by atoms with E-state index in [1.54, 1.807) is 44.4 Å². The zero-order valence-corrected chi connectivity index (χ0v) is 66.1. The number of nitrogens with one attached hydrogen (secondary N) is 3. The van der Waals surface area contributed by atoms with E-state index in [1.165, 1.54) is 27.9 Å². The van der Waals surface area contributed by atoms with E-state index in [0.29, 0.717) is 50.3 Å². The second-order valence-corrected chi connectivity index (χ2v) is 36.3. The van der Waals surface area contributed by atoms with Gasteiger partial charge in [-0.3, -0.25) is 14.6 Å². The zero-order chi connectivity index (χ0) is 70.5. The van der Waals surface area contributed by atoms with Crippen LogP contribution < -0.4 is 78.8 Å². The van der Waals surface area contributed by atoms with Gasteiger partial charge in [-0.15, -0.1) is 0 Å². The van der Waals surface area contributed by atoms with Crippen molar-refractivity contribution in [1.82, 2.24) is 40.3 Å². The molecule has 4 N–H and O–H groups in total. The van der Waals surface area contributed by atoms with Gasteiger partial charge < -0.3 is 65.6 Å². The second-order valence-electron chi connectivity index (χ2n) is 27.7. The number of hydroxylamine groups is 3. The Morgan fingerprint density at radius 1 is 0.535 bits per heavy atom. The molecule has 0 aliphatic heterocycles. The Morgan fingerprint density at radius 3 is 1.14 bits per heavy atom. The van der Waals surface area contributed by atoms with E-state index >= 15 is 0 Å². The molecule has 0 spiro atoms. The number of carbonyl (C=O) groups excluding carboxylic acids is 4.